The Morgan fingerprint density at radius 3 is 2.96 bits per heavy atom. The molecule has 0 radical (unpaired) electrons. The number of likely N-dealkylation sites (N-methyl/N-ethyl adjacent to an activating group) is 1. The zero-order valence-corrected chi connectivity index (χ0v) is 16.5. The van der Waals surface area contributed by atoms with Crippen molar-refractivity contribution < 1.29 is 4.79 Å². The summed E-state index contributed by atoms with van der Waals surface area (Å²) in [6.07, 6.45) is 7.54. The van der Waals surface area contributed by atoms with E-state index in [-0.39, 0.29) is 11.9 Å². The highest BCUT2D eigenvalue weighted by molar-refractivity contribution is 6.31. The van der Waals surface area contributed by atoms with Crippen LogP contribution < -0.4 is 0 Å². The van der Waals surface area contributed by atoms with Gasteiger partial charge in [-0.2, -0.15) is 5.10 Å². The van der Waals surface area contributed by atoms with Crippen LogP contribution in [0.5, 0.6) is 0 Å². The van der Waals surface area contributed by atoms with E-state index in [0.29, 0.717) is 5.15 Å². The van der Waals surface area contributed by atoms with Crippen molar-refractivity contribution in [2.75, 3.05) is 7.05 Å². The van der Waals surface area contributed by atoms with Crippen molar-refractivity contribution in [3.05, 3.63) is 57.9 Å². The van der Waals surface area contributed by atoms with Crippen molar-refractivity contribution >= 4 is 23.6 Å². The van der Waals surface area contributed by atoms with Crippen LogP contribution in [0.3, 0.4) is 0 Å². The number of halogens is 1. The minimum atomic E-state index is -0.0107. The summed E-state index contributed by atoms with van der Waals surface area (Å²) in [7, 11) is 1.87. The molecule has 26 heavy (non-hydrogen) atoms. The minimum absolute atomic E-state index is 0.0107. The molecule has 1 heterocycles. The number of rotatable bonds is 6. The minimum Gasteiger partial charge on any atom is -0.335 e. The van der Waals surface area contributed by atoms with Gasteiger partial charge in [0, 0.05) is 25.2 Å². The van der Waals surface area contributed by atoms with Gasteiger partial charge in [-0.15, -0.1) is 0 Å². The number of benzene rings is 1. The fourth-order valence-electron chi connectivity index (χ4n) is 3.58. The lowest BCUT2D eigenvalue weighted by Gasteiger charge is -2.24. The maximum Gasteiger partial charge on any atom is 0.246 e. The van der Waals surface area contributed by atoms with E-state index in [9.17, 15) is 4.79 Å². The van der Waals surface area contributed by atoms with Gasteiger partial charge in [0.25, 0.3) is 0 Å². The van der Waals surface area contributed by atoms with Gasteiger partial charge in [-0.1, -0.05) is 49.2 Å². The molecule has 0 fully saturated rings. The third-order valence-corrected chi connectivity index (χ3v) is 5.54. The summed E-state index contributed by atoms with van der Waals surface area (Å²) < 4.78 is 1.82. The number of nitrogens with zero attached hydrogens (tertiary/aromatic N) is 3. The predicted octanol–water partition coefficient (Wildman–Crippen LogP) is 4.80. The Balaban J connectivity index is 1.73. The average molecular weight is 372 g/mol. The number of amides is 1. The first-order valence-corrected chi connectivity index (χ1v) is 9.66. The van der Waals surface area contributed by atoms with Crippen molar-refractivity contribution in [1.82, 2.24) is 14.7 Å². The summed E-state index contributed by atoms with van der Waals surface area (Å²) in [5.74, 6) is -0.0107. The molecule has 0 spiro atoms. The molecule has 138 valence electrons. The van der Waals surface area contributed by atoms with E-state index in [4.69, 9.17) is 11.6 Å². The van der Waals surface area contributed by atoms with Crippen molar-refractivity contribution in [2.45, 2.75) is 52.1 Å². The van der Waals surface area contributed by atoms with Crippen molar-refractivity contribution in [3.8, 4) is 0 Å². The third-order valence-electron chi connectivity index (χ3n) is 5.14. The number of fused-ring (bicyclic) bond motifs is 1. The fourth-order valence-corrected chi connectivity index (χ4v) is 3.90. The molecule has 1 aliphatic rings. The maximum absolute atomic E-state index is 12.7. The third kappa shape index (κ3) is 3.70. The first kappa shape index (κ1) is 18.7. The topological polar surface area (TPSA) is 38.1 Å². The van der Waals surface area contributed by atoms with Gasteiger partial charge in [-0.3, -0.25) is 9.48 Å². The van der Waals surface area contributed by atoms with Crippen LogP contribution in [-0.2, 0) is 17.8 Å². The molecule has 1 amide bonds. The normalized spacial score (nSPS) is 16.2. The highest BCUT2D eigenvalue weighted by Crippen LogP contribution is 2.35. The Morgan fingerprint density at radius 1 is 1.42 bits per heavy atom. The van der Waals surface area contributed by atoms with Crippen LogP contribution in [0.1, 0.15) is 54.6 Å². The van der Waals surface area contributed by atoms with E-state index in [1.54, 1.807) is 12.2 Å². The molecule has 1 unspecified atom stereocenters. The monoisotopic (exact) mass is 371 g/mol. The molecular formula is C21H26ClN3O. The van der Waals surface area contributed by atoms with E-state index in [1.165, 1.54) is 11.1 Å². The van der Waals surface area contributed by atoms with Gasteiger partial charge >= 0.3 is 0 Å². The summed E-state index contributed by atoms with van der Waals surface area (Å²) in [6, 6.07) is 8.52. The quantitative estimate of drug-likeness (QED) is 0.684. The number of aryl methyl sites for hydroxylation is 3. The molecule has 2 aromatic rings. The second-order valence-electron chi connectivity index (χ2n) is 6.90. The van der Waals surface area contributed by atoms with Crippen LogP contribution in [0, 0.1) is 6.92 Å². The molecule has 3 rings (SSSR count). The number of aromatic nitrogens is 2. The van der Waals surface area contributed by atoms with Crippen molar-refractivity contribution in [1.29, 1.82) is 0 Å². The number of carbonyl (C=O) groups excluding carboxylic acids is 1. The summed E-state index contributed by atoms with van der Waals surface area (Å²) in [5.41, 5.74) is 4.29. The molecule has 0 bridgehead atoms. The largest absolute Gasteiger partial charge is 0.335 e. The zero-order valence-electron chi connectivity index (χ0n) is 15.7. The van der Waals surface area contributed by atoms with E-state index >= 15 is 0 Å². The van der Waals surface area contributed by atoms with Gasteiger partial charge < -0.3 is 4.90 Å². The van der Waals surface area contributed by atoms with Gasteiger partial charge in [0.1, 0.15) is 5.15 Å². The molecule has 1 aromatic carbocycles. The van der Waals surface area contributed by atoms with Crippen LogP contribution in [0.25, 0.3) is 6.08 Å². The smallest absolute Gasteiger partial charge is 0.246 e. The molecule has 1 aliphatic carbocycles. The van der Waals surface area contributed by atoms with E-state index < -0.39 is 0 Å². The first-order valence-electron chi connectivity index (χ1n) is 9.28. The molecule has 1 aromatic heterocycles. The molecule has 0 aliphatic heterocycles. The second-order valence-corrected chi connectivity index (χ2v) is 7.26. The Hall–Kier alpha value is -2.07. The Bertz CT molecular complexity index is 825. The average Bonchev–Trinajstić information content (AvgIpc) is 3.18. The Morgan fingerprint density at radius 2 is 2.19 bits per heavy atom. The lowest BCUT2D eigenvalue weighted by atomic mass is 10.1. The summed E-state index contributed by atoms with van der Waals surface area (Å²) in [6.45, 7) is 4.87. The summed E-state index contributed by atoms with van der Waals surface area (Å²) >= 11 is 6.45. The molecule has 5 heteroatoms. The highest BCUT2D eigenvalue weighted by atomic mass is 35.5. The second kappa shape index (κ2) is 8.09. The first-order chi connectivity index (χ1) is 12.5. The predicted molar refractivity (Wildman–Crippen MR) is 106 cm³/mol. The van der Waals surface area contributed by atoms with Crippen LogP contribution in [0.4, 0.5) is 0 Å². The van der Waals surface area contributed by atoms with Gasteiger partial charge in [0.15, 0.2) is 0 Å². The maximum atomic E-state index is 12.7. The van der Waals surface area contributed by atoms with E-state index in [2.05, 4.69) is 30.2 Å². The number of unbranched alkanes of at least 4 members (excludes halogenated alkanes) is 1. The SMILES string of the molecule is CCCCn1nc(C)c(/C=C/C(=O)N(C)C2CCc3ccccc32)c1Cl. The van der Waals surface area contributed by atoms with E-state index in [0.717, 1.165) is 43.5 Å². The van der Waals surface area contributed by atoms with Gasteiger partial charge in [-0.25, -0.2) is 0 Å². The molecule has 0 saturated carbocycles. The molecule has 0 N–H and O–H groups in total. The lowest BCUT2D eigenvalue weighted by molar-refractivity contribution is -0.126. The highest BCUT2D eigenvalue weighted by Gasteiger charge is 2.27. The fraction of sp³-hybridized carbons (Fsp3) is 0.429. The Kier molecular flexibility index (Phi) is 5.82. The summed E-state index contributed by atoms with van der Waals surface area (Å²) in [5, 5.41) is 5.09. The number of hydrogen-bond donors (Lipinski definition) is 0. The van der Waals surface area contributed by atoms with Gasteiger partial charge in [-0.05, 0) is 43.4 Å². The molecular weight excluding hydrogens is 346 g/mol. The van der Waals surface area contributed by atoms with Crippen LogP contribution in [0.2, 0.25) is 5.15 Å². The van der Waals surface area contributed by atoms with Crippen LogP contribution in [0.15, 0.2) is 30.3 Å². The number of carbonyl (C=O) groups is 1. The van der Waals surface area contributed by atoms with Crippen LogP contribution >= 0.6 is 11.6 Å². The lowest BCUT2D eigenvalue weighted by Crippen LogP contribution is -2.28. The number of hydrogen-bond acceptors (Lipinski definition) is 2. The Labute approximate surface area is 160 Å². The standard InChI is InChI=1S/C21H26ClN3O/c1-4-5-14-25-21(22)17(15(2)23-25)11-13-20(26)24(3)19-12-10-16-8-6-7-9-18(16)19/h6-9,11,13,19H,4-5,10,12,14H2,1-3H3/b13-11+. The van der Waals surface area contributed by atoms with Gasteiger partial charge in [0.2, 0.25) is 5.91 Å². The van der Waals surface area contributed by atoms with Crippen molar-refractivity contribution in [3.63, 3.8) is 0 Å². The molecule has 0 saturated heterocycles. The molecule has 1 atom stereocenters. The molecule has 4 nitrogen and oxygen atoms in total. The van der Waals surface area contributed by atoms with Crippen molar-refractivity contribution in [2.24, 2.45) is 0 Å². The van der Waals surface area contributed by atoms with Gasteiger partial charge in [0.05, 0.1) is 11.7 Å². The summed E-state index contributed by atoms with van der Waals surface area (Å²) in [4.78, 5) is 14.5. The van der Waals surface area contributed by atoms with Crippen LogP contribution in [-0.4, -0.2) is 27.6 Å². The van der Waals surface area contributed by atoms with E-state index in [1.807, 2.05) is 29.6 Å². The zero-order chi connectivity index (χ0) is 18.7.